The van der Waals surface area contributed by atoms with Crippen LogP contribution in [0.25, 0.3) is 6.15 Å². The van der Waals surface area contributed by atoms with Gasteiger partial charge >= 0.3 is 0 Å². The first-order chi connectivity index (χ1) is 0. The first-order valence-electron chi connectivity index (χ1n) is 0. The van der Waals surface area contributed by atoms with Gasteiger partial charge in [-0.05, 0) is 0 Å². The van der Waals surface area contributed by atoms with Crippen molar-refractivity contribution in [2.45, 2.75) is 0 Å². The minimum absolute atomic E-state index is 0. The molecule has 0 radical (unpaired) electrons. The summed E-state index contributed by atoms with van der Waals surface area (Å²) >= 11 is 0. The Balaban J connectivity index is 0. The van der Waals surface area contributed by atoms with Crippen LogP contribution < -0.4 is 0 Å². The van der Waals surface area contributed by atoms with Gasteiger partial charge in [-0.15, -0.1) is 0 Å². The monoisotopic (exact) mass is 319 g/mol. The molecular weight excluding hydrogens is 305 g/mol. The van der Waals surface area contributed by atoms with Gasteiger partial charge in [-0.25, -0.2) is 0 Å². The molecule has 0 unspecified atom stereocenters. The molecule has 7 nitrogen and oxygen atoms in total. The minimum atomic E-state index is 0. The smallest absolute Gasteiger partial charge is 0 e. The van der Waals surface area contributed by atoms with Gasteiger partial charge in [0.05, 0.1) is 0 Å². The largest absolute Gasteiger partial charge is 0.693 e. The molecule has 0 bridgehead atoms. The van der Waals surface area contributed by atoms with Crippen molar-refractivity contribution in [3.8, 4) is 0 Å². The molecule has 0 saturated carbocycles. The average molecular weight is 319 g/mol. The van der Waals surface area contributed by atoms with Crippen LogP contribution in [0, 0.1) is 0 Å². The number of hydrogen-bond donors (Lipinski definition) is 0. The van der Waals surface area contributed by atoms with Crippen molar-refractivity contribution in [1.29, 1.82) is 0 Å². The van der Waals surface area contributed by atoms with E-state index in [1.165, 1.54) is 0 Å². The molecule has 0 rings (SSSR count). The van der Waals surface area contributed by atoms with Crippen LogP contribution in [0.15, 0.2) is 0 Å². The molecule has 0 spiro atoms. The zero-order chi connectivity index (χ0) is 0. The Kier molecular flexibility index (Phi) is 631000. The molecule has 8 heavy (non-hydrogen) atoms. The summed E-state index contributed by atoms with van der Waals surface area (Å²) in [6, 6.07) is 0. The Labute approximate surface area is 60.8 Å². The van der Waals surface area contributed by atoms with Gasteiger partial charge in [0.1, 0.15) is 0 Å². The zero-order valence-corrected chi connectivity index (χ0v) is 6.17. The molecule has 0 fully saturated rings. The van der Waals surface area contributed by atoms with Gasteiger partial charge < -0.3 is 39.0 Å². The fourth-order valence-corrected chi connectivity index (χ4v) is 0. The molecule has 0 atom stereocenters. The van der Waals surface area contributed by atoms with Crippen molar-refractivity contribution in [3.63, 3.8) is 0 Å². The maximum Gasteiger partial charge on any atom is 0 e. The van der Waals surface area contributed by atoms with Gasteiger partial charge in [0.15, 0.2) is 0 Å². The quantitative estimate of drug-likeness (QED) is 0.413. The molecule has 8 heteroatoms. The van der Waals surface area contributed by atoms with Crippen molar-refractivity contribution in [2.24, 2.45) is 0 Å². The van der Waals surface area contributed by atoms with Crippen LogP contribution >= 0.6 is 0 Å². The van der Waals surface area contributed by atoms with E-state index in [-0.39, 0.29) is 60.1 Å². The first kappa shape index (κ1) is 2770. The normalized spacial score (nSPS) is 0. The Bertz CT molecular complexity index is 8.49. The number of hydrogen-bond acceptors (Lipinski definition) is 0. The van der Waals surface area contributed by atoms with Gasteiger partial charge in [0, 0.05) is 21.1 Å². The SMILES string of the molecule is O.O.O.O.O.O.[NH2-].[Pt]. The van der Waals surface area contributed by atoms with E-state index in [0.717, 1.165) is 0 Å². The molecule has 0 heterocycles. The third-order valence-corrected chi connectivity index (χ3v) is 0. The molecule has 0 aromatic rings. The predicted molar refractivity (Wildman–Crippen MR) is 27.0 cm³/mol. The van der Waals surface area contributed by atoms with E-state index in [4.69, 9.17) is 0 Å². The van der Waals surface area contributed by atoms with Crippen molar-refractivity contribution in [3.05, 3.63) is 6.15 Å². The van der Waals surface area contributed by atoms with Crippen molar-refractivity contribution >= 4 is 0 Å². The van der Waals surface area contributed by atoms with E-state index < -0.39 is 0 Å². The van der Waals surface area contributed by atoms with Crippen LogP contribution in [-0.4, -0.2) is 32.9 Å². The molecule has 0 aliphatic heterocycles. The number of nitrogens with two attached hydrogens (primary N) is 1. The molecular formula is H14NO6Pt-. The standard InChI is InChI=1S/H2N.6H2O.Pt/h7*1H2;/q-1;;;;;;;. The fourth-order valence-electron chi connectivity index (χ4n) is 0. The zero-order valence-electron chi connectivity index (χ0n) is 3.89. The molecule has 0 aliphatic rings. The van der Waals surface area contributed by atoms with Crippen LogP contribution in [0.1, 0.15) is 0 Å². The van der Waals surface area contributed by atoms with Crippen molar-refractivity contribution in [2.75, 3.05) is 0 Å². The third kappa shape index (κ3) is 1120. The Morgan fingerprint density at radius 3 is 0.375 bits per heavy atom. The summed E-state index contributed by atoms with van der Waals surface area (Å²) in [7, 11) is 0. The summed E-state index contributed by atoms with van der Waals surface area (Å²) in [5.74, 6) is 0. The van der Waals surface area contributed by atoms with Gasteiger partial charge in [-0.3, -0.25) is 0 Å². The van der Waals surface area contributed by atoms with Crippen LogP contribution in [0.3, 0.4) is 0 Å². The van der Waals surface area contributed by atoms with E-state index in [0.29, 0.717) is 0 Å². The third-order valence-electron chi connectivity index (χ3n) is 0. The first-order valence-corrected chi connectivity index (χ1v) is 0. The molecule has 0 aromatic carbocycles. The Hall–Kier alpha value is 0.408. The second-order valence-electron chi connectivity index (χ2n) is 0. The summed E-state index contributed by atoms with van der Waals surface area (Å²) in [5.41, 5.74) is 0. The summed E-state index contributed by atoms with van der Waals surface area (Å²) in [4.78, 5) is 0. The molecule has 0 amide bonds. The molecule has 0 aliphatic carbocycles. The molecule has 66 valence electrons. The van der Waals surface area contributed by atoms with E-state index in [1.807, 2.05) is 0 Å². The molecule has 0 saturated heterocycles. The predicted octanol–water partition coefficient (Wildman–Crippen LogP) is -4.23. The summed E-state index contributed by atoms with van der Waals surface area (Å²) in [5, 5.41) is 0. The maximum absolute atomic E-state index is 0. The van der Waals surface area contributed by atoms with E-state index in [2.05, 4.69) is 0 Å². The van der Waals surface area contributed by atoms with E-state index in [1.54, 1.807) is 0 Å². The minimum Gasteiger partial charge on any atom is -0.693 e. The average Bonchev–Trinajstić information content (AvgIpc) is 0. The number of rotatable bonds is 0. The van der Waals surface area contributed by atoms with Gasteiger partial charge in [-0.1, -0.05) is 0 Å². The van der Waals surface area contributed by atoms with Gasteiger partial charge in [0.2, 0.25) is 0 Å². The summed E-state index contributed by atoms with van der Waals surface area (Å²) in [6.07, 6.45) is 0. The summed E-state index contributed by atoms with van der Waals surface area (Å²) < 4.78 is 0. The van der Waals surface area contributed by atoms with Gasteiger partial charge in [-0.2, -0.15) is 0 Å². The van der Waals surface area contributed by atoms with Crippen LogP contribution in [0.2, 0.25) is 0 Å². The fraction of sp³-hybridized carbons (Fsp3) is 0. The second kappa shape index (κ2) is 1820. The second-order valence-corrected chi connectivity index (χ2v) is 0. The van der Waals surface area contributed by atoms with E-state index in [9.17, 15) is 0 Å². The maximum atomic E-state index is 0. The van der Waals surface area contributed by atoms with Gasteiger partial charge in [0.25, 0.3) is 0 Å². The summed E-state index contributed by atoms with van der Waals surface area (Å²) in [6.45, 7) is 0. The topological polar surface area (TPSA) is 222 Å². The van der Waals surface area contributed by atoms with Crippen LogP contribution in [0.5, 0.6) is 0 Å². The van der Waals surface area contributed by atoms with Crippen LogP contribution in [0.4, 0.5) is 0 Å². The van der Waals surface area contributed by atoms with Crippen molar-refractivity contribution < 1.29 is 53.9 Å². The Morgan fingerprint density at radius 1 is 0.375 bits per heavy atom. The van der Waals surface area contributed by atoms with E-state index >= 15 is 0 Å². The van der Waals surface area contributed by atoms with Crippen molar-refractivity contribution in [1.82, 2.24) is 0 Å². The Morgan fingerprint density at radius 2 is 0.375 bits per heavy atom. The van der Waals surface area contributed by atoms with Crippen LogP contribution in [-0.2, 0) is 21.1 Å². The molecule has 14 N–H and O–H groups in total. The molecule has 0 aromatic heterocycles.